The zero-order valence-electron chi connectivity index (χ0n) is 7.10. The van der Waals surface area contributed by atoms with E-state index in [0.29, 0.717) is 16.5 Å². The summed E-state index contributed by atoms with van der Waals surface area (Å²) in [6.07, 6.45) is 0.302. The molecule has 1 amide bonds. The molecule has 0 fully saturated rings. The third-order valence-corrected chi connectivity index (χ3v) is 2.00. The van der Waals surface area contributed by atoms with Gasteiger partial charge in [0.2, 0.25) is 5.91 Å². The molecule has 0 aliphatic heterocycles. The summed E-state index contributed by atoms with van der Waals surface area (Å²) in [5.74, 6) is -0.0571. The molecule has 0 spiro atoms. The predicted octanol–water partition coefficient (Wildman–Crippen LogP) is 2.28. The molecular formula is C9H9Cl2NO. The normalized spacial score (nSPS) is 9.77. The van der Waals surface area contributed by atoms with Gasteiger partial charge in [-0.2, -0.15) is 0 Å². The zero-order valence-corrected chi connectivity index (χ0v) is 8.62. The molecule has 0 aromatic heterocycles. The van der Waals surface area contributed by atoms with Crippen molar-refractivity contribution >= 4 is 29.1 Å². The highest BCUT2D eigenvalue weighted by Crippen LogP contribution is 2.19. The predicted molar refractivity (Wildman–Crippen MR) is 54.2 cm³/mol. The van der Waals surface area contributed by atoms with Crippen molar-refractivity contribution in [1.82, 2.24) is 5.32 Å². The summed E-state index contributed by atoms with van der Waals surface area (Å²) >= 11 is 11.5. The van der Waals surface area contributed by atoms with Crippen LogP contribution in [0.4, 0.5) is 0 Å². The van der Waals surface area contributed by atoms with Gasteiger partial charge in [-0.25, -0.2) is 0 Å². The van der Waals surface area contributed by atoms with E-state index in [1.807, 2.05) is 0 Å². The van der Waals surface area contributed by atoms with Crippen LogP contribution in [0.1, 0.15) is 5.56 Å². The largest absolute Gasteiger partial charge is 0.359 e. The second kappa shape index (κ2) is 4.49. The van der Waals surface area contributed by atoms with Gasteiger partial charge in [0.05, 0.1) is 6.42 Å². The van der Waals surface area contributed by atoms with Gasteiger partial charge in [-0.3, -0.25) is 4.79 Å². The minimum atomic E-state index is -0.0571. The van der Waals surface area contributed by atoms with Crippen LogP contribution in [-0.2, 0) is 11.2 Å². The SMILES string of the molecule is CNC(=O)Cc1cc(Cl)cc(Cl)c1. The molecule has 0 heterocycles. The lowest BCUT2D eigenvalue weighted by Crippen LogP contribution is -2.19. The maximum atomic E-state index is 11.0. The van der Waals surface area contributed by atoms with Crippen molar-refractivity contribution in [2.24, 2.45) is 0 Å². The molecule has 0 unspecified atom stereocenters. The van der Waals surface area contributed by atoms with Gasteiger partial charge in [0.15, 0.2) is 0 Å². The Balaban J connectivity index is 2.83. The van der Waals surface area contributed by atoms with E-state index >= 15 is 0 Å². The number of carbonyl (C=O) groups excluding carboxylic acids is 1. The number of amides is 1. The lowest BCUT2D eigenvalue weighted by molar-refractivity contribution is -0.119. The monoisotopic (exact) mass is 217 g/mol. The maximum Gasteiger partial charge on any atom is 0.224 e. The minimum Gasteiger partial charge on any atom is -0.359 e. The first-order chi connectivity index (χ1) is 6.11. The highest BCUT2D eigenvalue weighted by Gasteiger charge is 2.02. The summed E-state index contributed by atoms with van der Waals surface area (Å²) in [6, 6.07) is 5.09. The Labute approximate surface area is 86.8 Å². The van der Waals surface area contributed by atoms with E-state index in [2.05, 4.69) is 5.32 Å². The lowest BCUT2D eigenvalue weighted by atomic mass is 10.1. The molecule has 13 heavy (non-hydrogen) atoms. The standard InChI is InChI=1S/C9H9Cl2NO/c1-12-9(13)4-6-2-7(10)5-8(11)3-6/h2-3,5H,4H2,1H3,(H,12,13). The molecule has 1 aromatic carbocycles. The van der Waals surface area contributed by atoms with E-state index in [1.165, 1.54) is 0 Å². The van der Waals surface area contributed by atoms with Gasteiger partial charge in [0.1, 0.15) is 0 Å². The van der Waals surface area contributed by atoms with Crippen molar-refractivity contribution in [3.05, 3.63) is 33.8 Å². The first kappa shape index (κ1) is 10.4. The van der Waals surface area contributed by atoms with Crippen LogP contribution in [0.2, 0.25) is 10.0 Å². The number of likely N-dealkylation sites (N-methyl/N-ethyl adjacent to an activating group) is 1. The average Bonchev–Trinajstić information content (AvgIpc) is 2.02. The maximum absolute atomic E-state index is 11.0. The van der Waals surface area contributed by atoms with Crippen molar-refractivity contribution in [1.29, 1.82) is 0 Å². The molecule has 1 aromatic rings. The van der Waals surface area contributed by atoms with Crippen LogP contribution in [-0.4, -0.2) is 13.0 Å². The van der Waals surface area contributed by atoms with Crippen molar-refractivity contribution < 1.29 is 4.79 Å². The first-order valence-electron chi connectivity index (χ1n) is 3.77. The fraction of sp³-hybridized carbons (Fsp3) is 0.222. The van der Waals surface area contributed by atoms with Crippen LogP contribution in [0.5, 0.6) is 0 Å². The quantitative estimate of drug-likeness (QED) is 0.810. The molecule has 0 bridgehead atoms. The third kappa shape index (κ3) is 3.25. The third-order valence-electron chi connectivity index (χ3n) is 1.57. The van der Waals surface area contributed by atoms with E-state index in [-0.39, 0.29) is 5.91 Å². The van der Waals surface area contributed by atoms with Gasteiger partial charge in [-0.15, -0.1) is 0 Å². The summed E-state index contributed by atoms with van der Waals surface area (Å²) in [7, 11) is 1.59. The number of hydrogen-bond donors (Lipinski definition) is 1. The molecule has 0 aliphatic rings. The molecule has 0 saturated heterocycles. The van der Waals surface area contributed by atoms with Gasteiger partial charge >= 0.3 is 0 Å². The summed E-state index contributed by atoms with van der Waals surface area (Å²) in [5, 5.41) is 3.62. The summed E-state index contributed by atoms with van der Waals surface area (Å²) in [6.45, 7) is 0. The Morgan fingerprint density at radius 3 is 2.31 bits per heavy atom. The molecule has 1 rings (SSSR count). The van der Waals surface area contributed by atoms with Crippen LogP contribution in [0.25, 0.3) is 0 Å². The fourth-order valence-corrected chi connectivity index (χ4v) is 1.56. The summed E-state index contributed by atoms with van der Waals surface area (Å²) < 4.78 is 0. The Morgan fingerprint density at radius 1 is 1.31 bits per heavy atom. The number of halogens is 2. The molecule has 0 aliphatic carbocycles. The molecular weight excluding hydrogens is 209 g/mol. The van der Waals surface area contributed by atoms with Crippen molar-refractivity contribution in [3.63, 3.8) is 0 Å². The highest BCUT2D eigenvalue weighted by atomic mass is 35.5. The van der Waals surface area contributed by atoms with Gasteiger partial charge in [-0.05, 0) is 23.8 Å². The van der Waals surface area contributed by atoms with E-state index < -0.39 is 0 Å². The minimum absolute atomic E-state index is 0.0571. The summed E-state index contributed by atoms with van der Waals surface area (Å²) in [4.78, 5) is 11.0. The van der Waals surface area contributed by atoms with Gasteiger partial charge in [0, 0.05) is 17.1 Å². The molecule has 4 heteroatoms. The number of nitrogens with one attached hydrogen (secondary N) is 1. The van der Waals surface area contributed by atoms with Crippen LogP contribution in [0.15, 0.2) is 18.2 Å². The smallest absolute Gasteiger partial charge is 0.224 e. The molecule has 1 N–H and O–H groups in total. The molecule has 2 nitrogen and oxygen atoms in total. The number of hydrogen-bond acceptors (Lipinski definition) is 1. The van der Waals surface area contributed by atoms with Crippen LogP contribution < -0.4 is 5.32 Å². The first-order valence-corrected chi connectivity index (χ1v) is 4.53. The van der Waals surface area contributed by atoms with Crippen LogP contribution in [0, 0.1) is 0 Å². The van der Waals surface area contributed by atoms with E-state index in [9.17, 15) is 4.79 Å². The topological polar surface area (TPSA) is 29.1 Å². The van der Waals surface area contributed by atoms with Gasteiger partial charge in [-0.1, -0.05) is 23.2 Å². The number of carbonyl (C=O) groups is 1. The average molecular weight is 218 g/mol. The van der Waals surface area contributed by atoms with E-state index in [0.717, 1.165) is 5.56 Å². The lowest BCUT2D eigenvalue weighted by Gasteiger charge is -2.01. The Bertz CT molecular complexity index is 305. The molecule has 0 radical (unpaired) electrons. The van der Waals surface area contributed by atoms with E-state index in [1.54, 1.807) is 25.2 Å². The second-order valence-corrected chi connectivity index (χ2v) is 3.50. The Morgan fingerprint density at radius 2 is 1.85 bits per heavy atom. The molecule has 0 saturated carbocycles. The summed E-state index contributed by atoms with van der Waals surface area (Å²) in [5.41, 5.74) is 0.817. The van der Waals surface area contributed by atoms with Crippen molar-refractivity contribution in [2.75, 3.05) is 7.05 Å². The molecule has 70 valence electrons. The van der Waals surface area contributed by atoms with Gasteiger partial charge < -0.3 is 5.32 Å². The Kier molecular flexibility index (Phi) is 3.58. The zero-order chi connectivity index (χ0) is 9.84. The van der Waals surface area contributed by atoms with Gasteiger partial charge in [0.25, 0.3) is 0 Å². The number of rotatable bonds is 2. The van der Waals surface area contributed by atoms with Crippen LogP contribution in [0.3, 0.4) is 0 Å². The Hall–Kier alpha value is -0.730. The fourth-order valence-electron chi connectivity index (χ4n) is 0.987. The van der Waals surface area contributed by atoms with Crippen molar-refractivity contribution in [3.8, 4) is 0 Å². The molecule has 0 atom stereocenters. The number of benzene rings is 1. The van der Waals surface area contributed by atoms with Crippen LogP contribution >= 0.6 is 23.2 Å². The highest BCUT2D eigenvalue weighted by molar-refractivity contribution is 6.34. The van der Waals surface area contributed by atoms with Crippen molar-refractivity contribution in [2.45, 2.75) is 6.42 Å². The second-order valence-electron chi connectivity index (χ2n) is 2.63. The van der Waals surface area contributed by atoms with E-state index in [4.69, 9.17) is 23.2 Å².